The molecule has 0 saturated carbocycles. The summed E-state index contributed by atoms with van der Waals surface area (Å²) in [6.45, 7) is 6.15. The van der Waals surface area contributed by atoms with E-state index in [4.69, 9.17) is 4.74 Å². The summed E-state index contributed by atoms with van der Waals surface area (Å²) in [7, 11) is 1.60. The molecule has 0 bridgehead atoms. The maximum Gasteiger partial charge on any atom is 0.324 e. The van der Waals surface area contributed by atoms with Gasteiger partial charge in [-0.1, -0.05) is 26.8 Å². The number of hydrogen-bond donors (Lipinski definition) is 2. The van der Waals surface area contributed by atoms with Gasteiger partial charge in [0.1, 0.15) is 17.4 Å². The van der Waals surface area contributed by atoms with Gasteiger partial charge in [-0.2, -0.15) is 5.10 Å². The van der Waals surface area contributed by atoms with Crippen LogP contribution in [0.15, 0.2) is 54.6 Å². The summed E-state index contributed by atoms with van der Waals surface area (Å²) in [5.41, 5.74) is 1.87. The molecule has 2 amide bonds. The van der Waals surface area contributed by atoms with Gasteiger partial charge >= 0.3 is 6.03 Å². The Labute approximate surface area is 163 Å². The van der Waals surface area contributed by atoms with E-state index in [9.17, 15) is 9.18 Å². The predicted molar refractivity (Wildman–Crippen MR) is 108 cm³/mol. The average Bonchev–Trinajstić information content (AvgIpc) is 3.08. The summed E-state index contributed by atoms with van der Waals surface area (Å²) in [6.07, 6.45) is 0. The number of aromatic nitrogens is 2. The highest BCUT2D eigenvalue weighted by molar-refractivity contribution is 5.99. The van der Waals surface area contributed by atoms with E-state index in [-0.39, 0.29) is 11.2 Å². The maximum atomic E-state index is 13.0. The molecule has 1 aromatic heterocycles. The van der Waals surface area contributed by atoms with E-state index in [1.807, 2.05) is 51.1 Å². The standard InChI is InChI=1S/C21H23FN4O2/c1-21(2,3)18-13-19(24-20(27)23-15-10-8-14(22)9-11-15)26(25-18)16-6-5-7-17(12-16)28-4/h5-13H,1-4H3,(H2,23,24,27). The number of carbonyl (C=O) groups is 1. The first kappa shape index (κ1) is 19.4. The van der Waals surface area contributed by atoms with Gasteiger partial charge in [-0.25, -0.2) is 13.9 Å². The average molecular weight is 382 g/mol. The minimum atomic E-state index is -0.448. The predicted octanol–water partition coefficient (Wildman–Crippen LogP) is 4.96. The number of anilines is 2. The van der Waals surface area contributed by atoms with E-state index in [0.717, 1.165) is 11.4 Å². The summed E-state index contributed by atoms with van der Waals surface area (Å²) in [5, 5.41) is 10.2. The van der Waals surface area contributed by atoms with Crippen LogP contribution in [0.1, 0.15) is 26.5 Å². The number of carbonyl (C=O) groups excluding carboxylic acids is 1. The van der Waals surface area contributed by atoms with Gasteiger partial charge in [-0.05, 0) is 36.4 Å². The van der Waals surface area contributed by atoms with E-state index in [2.05, 4.69) is 15.7 Å². The van der Waals surface area contributed by atoms with Gasteiger partial charge in [-0.15, -0.1) is 0 Å². The molecule has 0 aliphatic carbocycles. The van der Waals surface area contributed by atoms with Crippen LogP contribution >= 0.6 is 0 Å². The van der Waals surface area contributed by atoms with Crippen LogP contribution in [0, 0.1) is 5.82 Å². The molecule has 3 rings (SSSR count). The Morgan fingerprint density at radius 3 is 2.43 bits per heavy atom. The number of nitrogens with one attached hydrogen (secondary N) is 2. The topological polar surface area (TPSA) is 68.2 Å². The summed E-state index contributed by atoms with van der Waals surface area (Å²) in [6, 6.07) is 14.4. The second kappa shape index (κ2) is 7.72. The largest absolute Gasteiger partial charge is 0.497 e. The zero-order chi connectivity index (χ0) is 20.3. The van der Waals surface area contributed by atoms with E-state index in [1.165, 1.54) is 24.3 Å². The number of nitrogens with zero attached hydrogens (tertiary/aromatic N) is 2. The van der Waals surface area contributed by atoms with Crippen molar-refractivity contribution in [2.75, 3.05) is 17.7 Å². The molecule has 0 saturated heterocycles. The molecule has 0 fully saturated rings. The molecule has 6 nitrogen and oxygen atoms in total. The molecule has 2 N–H and O–H groups in total. The fourth-order valence-corrected chi connectivity index (χ4v) is 2.59. The molecular weight excluding hydrogens is 359 g/mol. The quantitative estimate of drug-likeness (QED) is 0.670. The molecule has 0 spiro atoms. The third-order valence-electron chi connectivity index (χ3n) is 4.12. The van der Waals surface area contributed by atoms with Crippen molar-refractivity contribution in [3.05, 3.63) is 66.1 Å². The molecule has 28 heavy (non-hydrogen) atoms. The lowest BCUT2D eigenvalue weighted by atomic mass is 9.92. The molecule has 0 aliphatic rings. The van der Waals surface area contributed by atoms with Gasteiger partial charge in [-0.3, -0.25) is 5.32 Å². The molecule has 3 aromatic rings. The zero-order valence-corrected chi connectivity index (χ0v) is 16.3. The first-order valence-electron chi connectivity index (χ1n) is 8.85. The Hall–Kier alpha value is -3.35. The van der Waals surface area contributed by atoms with Crippen molar-refractivity contribution in [2.24, 2.45) is 0 Å². The smallest absolute Gasteiger partial charge is 0.324 e. The second-order valence-electron chi connectivity index (χ2n) is 7.36. The SMILES string of the molecule is COc1cccc(-n2nc(C(C)(C)C)cc2NC(=O)Nc2ccc(F)cc2)c1. The second-order valence-corrected chi connectivity index (χ2v) is 7.36. The van der Waals surface area contributed by atoms with Gasteiger partial charge in [0, 0.05) is 23.2 Å². The van der Waals surface area contributed by atoms with Crippen LogP contribution in [0.5, 0.6) is 5.75 Å². The fraction of sp³-hybridized carbons (Fsp3) is 0.238. The third-order valence-corrected chi connectivity index (χ3v) is 4.12. The number of rotatable bonds is 4. The number of methoxy groups -OCH3 is 1. The molecule has 2 aromatic carbocycles. The Morgan fingerprint density at radius 1 is 1.07 bits per heavy atom. The Balaban J connectivity index is 1.91. The third kappa shape index (κ3) is 4.49. The monoisotopic (exact) mass is 382 g/mol. The summed E-state index contributed by atoms with van der Waals surface area (Å²) in [5.74, 6) is 0.835. The van der Waals surface area contributed by atoms with Crippen molar-refractivity contribution in [1.82, 2.24) is 9.78 Å². The van der Waals surface area contributed by atoms with E-state index in [0.29, 0.717) is 17.3 Å². The van der Waals surface area contributed by atoms with Crippen molar-refractivity contribution < 1.29 is 13.9 Å². The summed E-state index contributed by atoms with van der Waals surface area (Å²) < 4.78 is 20.0. The van der Waals surface area contributed by atoms with Crippen molar-refractivity contribution in [3.63, 3.8) is 0 Å². The van der Waals surface area contributed by atoms with Gasteiger partial charge in [0.25, 0.3) is 0 Å². The van der Waals surface area contributed by atoms with Crippen molar-refractivity contribution in [2.45, 2.75) is 26.2 Å². The fourth-order valence-electron chi connectivity index (χ4n) is 2.59. The summed E-state index contributed by atoms with van der Waals surface area (Å²) >= 11 is 0. The molecule has 1 heterocycles. The van der Waals surface area contributed by atoms with Gasteiger partial charge < -0.3 is 10.1 Å². The maximum absolute atomic E-state index is 13.0. The lowest BCUT2D eigenvalue weighted by molar-refractivity contribution is 0.262. The molecule has 0 atom stereocenters. The van der Waals surface area contributed by atoms with E-state index in [1.54, 1.807) is 11.8 Å². The Bertz CT molecular complexity index is 975. The van der Waals surface area contributed by atoms with Crippen molar-refractivity contribution >= 4 is 17.5 Å². The Kier molecular flexibility index (Phi) is 5.35. The van der Waals surface area contributed by atoms with Crippen molar-refractivity contribution in [3.8, 4) is 11.4 Å². The molecule has 0 unspecified atom stereocenters. The van der Waals surface area contributed by atoms with Crippen LogP contribution in [0.25, 0.3) is 5.69 Å². The van der Waals surface area contributed by atoms with E-state index < -0.39 is 6.03 Å². The number of halogens is 1. The Morgan fingerprint density at radius 2 is 1.79 bits per heavy atom. The number of urea groups is 1. The van der Waals surface area contributed by atoms with Crippen LogP contribution in [0.4, 0.5) is 20.7 Å². The molecule has 0 aliphatic heterocycles. The number of ether oxygens (including phenoxy) is 1. The lowest BCUT2D eigenvalue weighted by Gasteiger charge is -2.14. The first-order valence-corrected chi connectivity index (χ1v) is 8.85. The summed E-state index contributed by atoms with van der Waals surface area (Å²) in [4.78, 5) is 12.5. The van der Waals surface area contributed by atoms with Gasteiger partial charge in [0.15, 0.2) is 0 Å². The molecular formula is C21H23FN4O2. The van der Waals surface area contributed by atoms with Crippen LogP contribution in [-0.4, -0.2) is 22.9 Å². The van der Waals surface area contributed by atoms with Gasteiger partial charge in [0.2, 0.25) is 0 Å². The number of benzene rings is 2. The van der Waals surface area contributed by atoms with Crippen molar-refractivity contribution in [1.29, 1.82) is 0 Å². The highest BCUT2D eigenvalue weighted by Crippen LogP contribution is 2.27. The van der Waals surface area contributed by atoms with Crippen LogP contribution in [-0.2, 0) is 5.41 Å². The van der Waals surface area contributed by atoms with Crippen LogP contribution in [0.2, 0.25) is 0 Å². The molecule has 7 heteroatoms. The van der Waals surface area contributed by atoms with Crippen LogP contribution in [0.3, 0.4) is 0 Å². The highest BCUT2D eigenvalue weighted by Gasteiger charge is 2.21. The highest BCUT2D eigenvalue weighted by atomic mass is 19.1. The number of hydrogen-bond acceptors (Lipinski definition) is 3. The van der Waals surface area contributed by atoms with Gasteiger partial charge in [0.05, 0.1) is 18.5 Å². The molecule has 0 radical (unpaired) electrons. The van der Waals surface area contributed by atoms with E-state index >= 15 is 0 Å². The van der Waals surface area contributed by atoms with Crippen LogP contribution < -0.4 is 15.4 Å². The normalized spacial score (nSPS) is 11.2. The minimum absolute atomic E-state index is 0.200. The zero-order valence-electron chi connectivity index (χ0n) is 16.3. The first-order chi connectivity index (χ1) is 13.3. The lowest BCUT2D eigenvalue weighted by Crippen LogP contribution is -2.21. The molecule has 146 valence electrons. The number of amides is 2. The minimum Gasteiger partial charge on any atom is -0.497 e.